The first-order valence-electron chi connectivity index (χ1n) is 10.1. The Labute approximate surface area is 173 Å². The monoisotopic (exact) mass is 395 g/mol. The molecule has 2 heterocycles. The first-order chi connectivity index (χ1) is 13.8. The lowest BCUT2D eigenvalue weighted by molar-refractivity contribution is 0.484. The molecule has 3 heteroatoms. The van der Waals surface area contributed by atoms with E-state index in [1.165, 1.54) is 16.3 Å². The van der Waals surface area contributed by atoms with Crippen LogP contribution in [-0.4, -0.2) is 13.1 Å². The van der Waals surface area contributed by atoms with Crippen LogP contribution in [0, 0.1) is 13.8 Å². The number of hydrogen-bond donors (Lipinski definition) is 0. The van der Waals surface area contributed by atoms with Crippen molar-refractivity contribution >= 4 is 24.0 Å². The van der Waals surface area contributed by atoms with E-state index in [1.807, 2.05) is 6.20 Å². The van der Waals surface area contributed by atoms with E-state index in [4.69, 9.17) is 9.72 Å². The van der Waals surface area contributed by atoms with Crippen LogP contribution in [0.4, 0.5) is 0 Å². The summed E-state index contributed by atoms with van der Waals surface area (Å²) >= 11 is 0. The van der Waals surface area contributed by atoms with Gasteiger partial charge in [-0.25, -0.2) is 0 Å². The summed E-state index contributed by atoms with van der Waals surface area (Å²) in [5.74, 6) is 1.85. The van der Waals surface area contributed by atoms with Gasteiger partial charge in [0.05, 0.1) is 19.2 Å². The Morgan fingerprint density at radius 1 is 0.793 bits per heavy atom. The summed E-state index contributed by atoms with van der Waals surface area (Å²) in [5, 5.41) is 3.74. The van der Waals surface area contributed by atoms with Gasteiger partial charge < -0.3 is 4.74 Å². The first-order valence-corrected chi connectivity index (χ1v) is 13.6. The van der Waals surface area contributed by atoms with Gasteiger partial charge in [-0.15, -0.1) is 0 Å². The van der Waals surface area contributed by atoms with Crippen molar-refractivity contribution in [2.75, 3.05) is 0 Å². The predicted molar refractivity (Wildman–Crippen MR) is 125 cm³/mol. The van der Waals surface area contributed by atoms with Crippen LogP contribution in [0.2, 0.25) is 19.6 Å². The van der Waals surface area contributed by atoms with Crippen molar-refractivity contribution in [2.45, 2.75) is 33.5 Å². The summed E-state index contributed by atoms with van der Waals surface area (Å²) in [6, 6.07) is 19.8. The van der Waals surface area contributed by atoms with Crippen molar-refractivity contribution in [2.24, 2.45) is 0 Å². The highest BCUT2D eigenvalue weighted by atomic mass is 28.3. The molecule has 0 N–H and O–H groups in total. The molecule has 4 aromatic rings. The van der Waals surface area contributed by atoms with Gasteiger partial charge in [-0.3, -0.25) is 4.98 Å². The Morgan fingerprint density at radius 2 is 1.55 bits per heavy atom. The summed E-state index contributed by atoms with van der Waals surface area (Å²) < 4.78 is 6.59. The Hall–Kier alpha value is -2.91. The van der Waals surface area contributed by atoms with Crippen LogP contribution in [-0.2, 0) is 0 Å². The fourth-order valence-corrected chi connectivity index (χ4v) is 5.46. The van der Waals surface area contributed by atoms with Gasteiger partial charge in [-0.2, -0.15) is 0 Å². The normalized spacial score (nSPS) is 12.6. The molecule has 0 saturated heterocycles. The molecule has 1 aliphatic heterocycles. The number of pyridine rings is 1. The summed E-state index contributed by atoms with van der Waals surface area (Å²) in [6.07, 6.45) is 1.90. The molecule has 29 heavy (non-hydrogen) atoms. The highest BCUT2D eigenvalue weighted by molar-refractivity contribution is 6.88. The van der Waals surface area contributed by atoms with Gasteiger partial charge in [-0.05, 0) is 54.1 Å². The van der Waals surface area contributed by atoms with E-state index >= 15 is 0 Å². The van der Waals surface area contributed by atoms with E-state index in [0.29, 0.717) is 0 Å². The van der Waals surface area contributed by atoms with E-state index in [-0.39, 0.29) is 0 Å². The van der Waals surface area contributed by atoms with Crippen molar-refractivity contribution in [3.05, 3.63) is 71.9 Å². The third-order valence-electron chi connectivity index (χ3n) is 5.82. The van der Waals surface area contributed by atoms with Crippen LogP contribution < -0.4 is 9.92 Å². The summed E-state index contributed by atoms with van der Waals surface area (Å²) in [7, 11) is -1.32. The third kappa shape index (κ3) is 2.88. The summed E-state index contributed by atoms with van der Waals surface area (Å²) in [5.41, 5.74) is 6.79. The zero-order valence-electron chi connectivity index (χ0n) is 17.6. The smallest absolute Gasteiger partial charge is 0.145 e. The lowest BCUT2D eigenvalue weighted by Crippen LogP contribution is -2.37. The second-order valence-electron chi connectivity index (χ2n) is 9.09. The molecular formula is C26H25NOSi. The molecule has 0 aliphatic carbocycles. The zero-order valence-corrected chi connectivity index (χ0v) is 18.6. The Kier molecular flexibility index (Phi) is 3.94. The quantitative estimate of drug-likeness (QED) is 0.305. The topological polar surface area (TPSA) is 22.1 Å². The molecule has 144 valence electrons. The number of benzene rings is 3. The van der Waals surface area contributed by atoms with Crippen molar-refractivity contribution in [1.29, 1.82) is 0 Å². The number of fused-ring (bicyclic) bond motifs is 2. The predicted octanol–water partition coefficient (Wildman–Crippen LogP) is 6.84. The minimum atomic E-state index is -1.32. The van der Waals surface area contributed by atoms with Gasteiger partial charge in [0.25, 0.3) is 0 Å². The molecule has 0 unspecified atom stereocenters. The van der Waals surface area contributed by atoms with Crippen LogP contribution in [0.15, 0.2) is 60.8 Å². The number of nitrogens with zero attached hydrogens (tertiary/aromatic N) is 1. The van der Waals surface area contributed by atoms with E-state index in [0.717, 1.165) is 44.7 Å². The van der Waals surface area contributed by atoms with Crippen LogP contribution in [0.5, 0.6) is 11.5 Å². The van der Waals surface area contributed by atoms with Gasteiger partial charge in [0, 0.05) is 17.3 Å². The highest BCUT2D eigenvalue weighted by Crippen LogP contribution is 2.50. The van der Waals surface area contributed by atoms with Crippen LogP contribution in [0.25, 0.3) is 33.2 Å². The molecule has 0 spiro atoms. The molecule has 0 radical (unpaired) electrons. The zero-order chi connectivity index (χ0) is 20.3. The van der Waals surface area contributed by atoms with E-state index < -0.39 is 8.07 Å². The van der Waals surface area contributed by atoms with Gasteiger partial charge in [-0.1, -0.05) is 61.2 Å². The molecule has 3 aromatic carbocycles. The van der Waals surface area contributed by atoms with Gasteiger partial charge >= 0.3 is 0 Å². The standard InChI is InChI=1S/C26H25NOSi/c1-16-14-17(2)25-22(15-16)24-23-19(12-13-27-24)8-11-21(26(23)28-25)18-6-9-20(10-7-18)29(3,4)5/h6-15H,1-5H3. The third-order valence-corrected chi connectivity index (χ3v) is 7.89. The number of ether oxygens (including phenoxy) is 1. The molecule has 1 aromatic heterocycles. The summed E-state index contributed by atoms with van der Waals surface area (Å²) in [6.45, 7) is 11.4. The van der Waals surface area contributed by atoms with Crippen molar-refractivity contribution in [3.63, 3.8) is 0 Å². The lowest BCUT2D eigenvalue weighted by Gasteiger charge is -2.25. The van der Waals surface area contributed by atoms with E-state index in [1.54, 1.807) is 0 Å². The maximum Gasteiger partial charge on any atom is 0.145 e. The Balaban J connectivity index is 1.77. The first kappa shape index (κ1) is 18.1. The maximum atomic E-state index is 6.59. The molecular weight excluding hydrogens is 370 g/mol. The maximum absolute atomic E-state index is 6.59. The minimum Gasteiger partial charge on any atom is -0.455 e. The van der Waals surface area contributed by atoms with E-state index in [9.17, 15) is 0 Å². The fourth-order valence-electron chi connectivity index (χ4n) is 4.29. The van der Waals surface area contributed by atoms with Crippen LogP contribution in [0.1, 0.15) is 11.1 Å². The van der Waals surface area contributed by atoms with E-state index in [2.05, 4.69) is 88.1 Å². The number of aromatic nitrogens is 1. The Morgan fingerprint density at radius 3 is 2.28 bits per heavy atom. The van der Waals surface area contributed by atoms with Crippen LogP contribution >= 0.6 is 0 Å². The summed E-state index contributed by atoms with van der Waals surface area (Å²) in [4.78, 5) is 4.77. The number of hydrogen-bond acceptors (Lipinski definition) is 2. The lowest BCUT2D eigenvalue weighted by atomic mass is 9.93. The fraction of sp³-hybridized carbons (Fsp3) is 0.192. The molecule has 1 aliphatic rings. The molecule has 0 bridgehead atoms. The van der Waals surface area contributed by atoms with Gasteiger partial charge in [0.2, 0.25) is 0 Å². The van der Waals surface area contributed by atoms with Gasteiger partial charge in [0.1, 0.15) is 11.5 Å². The van der Waals surface area contributed by atoms with Gasteiger partial charge in [0.15, 0.2) is 0 Å². The molecule has 0 amide bonds. The number of aryl methyl sites for hydroxylation is 2. The number of rotatable bonds is 2. The molecule has 0 atom stereocenters. The second kappa shape index (κ2) is 6.29. The molecule has 0 saturated carbocycles. The average Bonchev–Trinajstić information content (AvgIpc) is 2.68. The van der Waals surface area contributed by atoms with Crippen molar-refractivity contribution < 1.29 is 4.74 Å². The van der Waals surface area contributed by atoms with Crippen LogP contribution in [0.3, 0.4) is 0 Å². The second-order valence-corrected chi connectivity index (χ2v) is 14.2. The van der Waals surface area contributed by atoms with Crippen molar-refractivity contribution in [1.82, 2.24) is 4.98 Å². The molecule has 5 rings (SSSR count). The minimum absolute atomic E-state index is 0.922. The SMILES string of the molecule is Cc1cc(C)c2c(c1)-c1nccc3ccc(-c4ccc([Si](C)(C)C)cc4)c(c13)O2. The molecule has 0 fully saturated rings. The molecule has 2 nitrogen and oxygen atoms in total. The Bertz CT molecular complexity index is 1270. The largest absolute Gasteiger partial charge is 0.455 e. The highest BCUT2D eigenvalue weighted by Gasteiger charge is 2.26. The van der Waals surface area contributed by atoms with Crippen molar-refractivity contribution in [3.8, 4) is 33.9 Å². The average molecular weight is 396 g/mol.